The first-order valence-electron chi connectivity index (χ1n) is 10.4. The van der Waals surface area contributed by atoms with E-state index in [2.05, 4.69) is 50.7 Å². The van der Waals surface area contributed by atoms with E-state index in [1.165, 1.54) is 22.7 Å². The van der Waals surface area contributed by atoms with Crippen molar-refractivity contribution in [3.05, 3.63) is 41.2 Å². The van der Waals surface area contributed by atoms with Gasteiger partial charge in [-0.15, -0.1) is 0 Å². The number of benzene rings is 1. The van der Waals surface area contributed by atoms with E-state index in [0.717, 1.165) is 69.6 Å². The van der Waals surface area contributed by atoms with Gasteiger partial charge in [0.1, 0.15) is 11.9 Å². The van der Waals surface area contributed by atoms with Gasteiger partial charge in [-0.2, -0.15) is 4.37 Å². The highest BCUT2D eigenvalue weighted by Gasteiger charge is 2.32. The van der Waals surface area contributed by atoms with Crippen LogP contribution in [0.15, 0.2) is 24.3 Å². The summed E-state index contributed by atoms with van der Waals surface area (Å²) in [5.74, 6) is 0.929. The first-order chi connectivity index (χ1) is 14.2. The zero-order chi connectivity index (χ0) is 20.1. The summed E-state index contributed by atoms with van der Waals surface area (Å²) < 4.78 is 9.90. The summed E-state index contributed by atoms with van der Waals surface area (Å²) in [6.45, 7) is 7.96. The highest BCUT2D eigenvalue weighted by atomic mass is 32.1. The Bertz CT molecular complexity index is 804. The highest BCUT2D eigenvalue weighted by molar-refractivity contribution is 7.09. The van der Waals surface area contributed by atoms with Crippen molar-refractivity contribution in [2.45, 2.75) is 32.2 Å². The topological polar surface area (TPSA) is 70.6 Å². The zero-order valence-electron chi connectivity index (χ0n) is 17.0. The van der Waals surface area contributed by atoms with Gasteiger partial charge in [0.2, 0.25) is 11.0 Å². The largest absolute Gasteiger partial charge is 0.379 e. The monoisotopic (exact) mass is 415 g/mol. The average molecular weight is 416 g/mol. The van der Waals surface area contributed by atoms with Crippen LogP contribution in [0.25, 0.3) is 0 Å². The molecule has 0 spiro atoms. The van der Waals surface area contributed by atoms with Gasteiger partial charge in [0.15, 0.2) is 0 Å². The lowest BCUT2D eigenvalue weighted by atomic mass is 10.1. The number of carbonyl (C=O) groups excluding carboxylic acids is 1. The molecule has 0 aliphatic carbocycles. The number of amides is 1. The smallest absolute Gasteiger partial charge is 0.242 e. The summed E-state index contributed by atoms with van der Waals surface area (Å²) in [5, 5.41) is 3.98. The molecule has 1 aromatic heterocycles. The number of anilines is 1. The lowest BCUT2D eigenvalue weighted by Crippen LogP contribution is -2.46. The summed E-state index contributed by atoms with van der Waals surface area (Å²) in [7, 11) is 0. The number of nitrogens with one attached hydrogen (secondary N) is 1. The fourth-order valence-electron chi connectivity index (χ4n) is 3.87. The Kier molecular flexibility index (Phi) is 6.74. The highest BCUT2D eigenvalue weighted by Crippen LogP contribution is 2.27. The van der Waals surface area contributed by atoms with Crippen molar-refractivity contribution in [2.75, 3.05) is 50.8 Å². The van der Waals surface area contributed by atoms with Crippen molar-refractivity contribution in [2.24, 2.45) is 0 Å². The van der Waals surface area contributed by atoms with Crippen LogP contribution in [-0.4, -0.2) is 72.1 Å². The summed E-state index contributed by atoms with van der Waals surface area (Å²) >= 11 is 1.40. The molecule has 4 rings (SSSR count). The van der Waals surface area contributed by atoms with E-state index < -0.39 is 0 Å². The van der Waals surface area contributed by atoms with Crippen molar-refractivity contribution in [3.8, 4) is 0 Å². The quantitative estimate of drug-likeness (QED) is 0.744. The molecule has 2 aliphatic heterocycles. The van der Waals surface area contributed by atoms with Crippen LogP contribution in [0.4, 0.5) is 5.13 Å². The minimum Gasteiger partial charge on any atom is -0.379 e. The molecule has 156 valence electrons. The molecule has 2 aromatic rings. The molecule has 1 N–H and O–H groups in total. The van der Waals surface area contributed by atoms with Crippen molar-refractivity contribution in [3.63, 3.8) is 0 Å². The molecule has 1 unspecified atom stereocenters. The molecule has 8 heteroatoms. The first-order valence-corrected chi connectivity index (χ1v) is 11.2. The molecule has 29 heavy (non-hydrogen) atoms. The molecule has 1 atom stereocenters. The lowest BCUT2D eigenvalue weighted by molar-refractivity contribution is -0.122. The van der Waals surface area contributed by atoms with Crippen molar-refractivity contribution in [1.82, 2.24) is 19.6 Å². The Hall–Kier alpha value is -2.03. The van der Waals surface area contributed by atoms with Gasteiger partial charge in [-0.3, -0.25) is 9.69 Å². The fraction of sp³-hybridized carbons (Fsp3) is 0.571. The number of ether oxygens (including phenoxy) is 1. The van der Waals surface area contributed by atoms with Crippen LogP contribution < -0.4 is 10.2 Å². The van der Waals surface area contributed by atoms with E-state index in [9.17, 15) is 4.79 Å². The Balaban J connectivity index is 1.31. The standard InChI is InChI=1S/C21H29N5O2S/c1-16-4-6-17(7-5-16)15-19-23-21(29-24-19)26-9-2-3-18(26)20(27)22-8-10-25-11-13-28-14-12-25/h4-7,18H,2-3,8-15H2,1H3,(H,22,27). The number of hydrogen-bond acceptors (Lipinski definition) is 7. The lowest BCUT2D eigenvalue weighted by Gasteiger charge is -2.27. The summed E-state index contributed by atoms with van der Waals surface area (Å²) in [5.41, 5.74) is 2.46. The summed E-state index contributed by atoms with van der Waals surface area (Å²) in [6, 6.07) is 8.33. The third-order valence-corrected chi connectivity index (χ3v) is 6.36. The molecule has 7 nitrogen and oxygen atoms in total. The van der Waals surface area contributed by atoms with E-state index in [0.29, 0.717) is 6.54 Å². The van der Waals surface area contributed by atoms with Gasteiger partial charge in [-0.05, 0) is 25.3 Å². The molecule has 0 radical (unpaired) electrons. The normalized spacial score (nSPS) is 20.2. The minimum atomic E-state index is -0.139. The zero-order valence-corrected chi connectivity index (χ0v) is 17.8. The predicted molar refractivity (Wildman–Crippen MR) is 115 cm³/mol. The van der Waals surface area contributed by atoms with Crippen LogP contribution in [0, 0.1) is 6.92 Å². The number of rotatable bonds is 7. The van der Waals surface area contributed by atoms with Gasteiger partial charge < -0.3 is 15.0 Å². The fourth-order valence-corrected chi connectivity index (χ4v) is 4.63. The molecule has 1 amide bonds. The second-order valence-electron chi connectivity index (χ2n) is 7.75. The van der Waals surface area contributed by atoms with E-state index >= 15 is 0 Å². The van der Waals surface area contributed by atoms with Crippen molar-refractivity contribution in [1.29, 1.82) is 0 Å². The summed E-state index contributed by atoms with van der Waals surface area (Å²) in [4.78, 5) is 21.9. The maximum absolute atomic E-state index is 12.8. The SMILES string of the molecule is Cc1ccc(Cc2nsc(N3CCCC3C(=O)NCCN3CCOCC3)n2)cc1. The van der Waals surface area contributed by atoms with Crippen LogP contribution in [0.5, 0.6) is 0 Å². The van der Waals surface area contributed by atoms with E-state index in [1.54, 1.807) is 0 Å². The van der Waals surface area contributed by atoms with Crippen LogP contribution in [-0.2, 0) is 16.0 Å². The Morgan fingerprint density at radius 3 is 2.83 bits per heavy atom. The number of hydrogen-bond donors (Lipinski definition) is 1. The molecule has 2 saturated heterocycles. The van der Waals surface area contributed by atoms with Crippen LogP contribution >= 0.6 is 11.5 Å². The number of nitrogens with zero attached hydrogens (tertiary/aromatic N) is 4. The molecular formula is C21H29N5O2S. The summed E-state index contributed by atoms with van der Waals surface area (Å²) in [6.07, 6.45) is 2.60. The average Bonchev–Trinajstić information content (AvgIpc) is 3.40. The molecule has 2 fully saturated rings. The van der Waals surface area contributed by atoms with Gasteiger partial charge in [0.25, 0.3) is 0 Å². The molecule has 0 bridgehead atoms. The molecule has 1 aromatic carbocycles. The second kappa shape index (κ2) is 9.65. The number of aryl methyl sites for hydroxylation is 1. The van der Waals surface area contributed by atoms with Crippen molar-refractivity contribution >= 4 is 22.6 Å². The maximum atomic E-state index is 12.8. The van der Waals surface area contributed by atoms with Crippen molar-refractivity contribution < 1.29 is 9.53 Å². The van der Waals surface area contributed by atoms with Gasteiger partial charge in [0.05, 0.1) is 13.2 Å². The third-order valence-electron chi connectivity index (χ3n) is 5.57. The van der Waals surface area contributed by atoms with E-state index in [4.69, 9.17) is 9.72 Å². The van der Waals surface area contributed by atoms with Gasteiger partial charge in [0, 0.05) is 50.7 Å². The van der Waals surface area contributed by atoms with E-state index in [-0.39, 0.29) is 11.9 Å². The Labute approximate surface area is 176 Å². The van der Waals surface area contributed by atoms with Crippen LogP contribution in [0.2, 0.25) is 0 Å². The molecular weight excluding hydrogens is 386 g/mol. The predicted octanol–water partition coefficient (Wildman–Crippen LogP) is 1.85. The second-order valence-corrected chi connectivity index (χ2v) is 8.48. The number of morpholine rings is 1. The molecule has 0 saturated carbocycles. The minimum absolute atomic E-state index is 0.103. The van der Waals surface area contributed by atoms with Crippen LogP contribution in [0.3, 0.4) is 0 Å². The number of carbonyl (C=O) groups is 1. The van der Waals surface area contributed by atoms with Gasteiger partial charge in [-0.1, -0.05) is 29.8 Å². The third kappa shape index (κ3) is 5.32. The van der Waals surface area contributed by atoms with Crippen LogP contribution in [0.1, 0.15) is 29.8 Å². The Morgan fingerprint density at radius 2 is 2.03 bits per heavy atom. The molecule has 2 aliphatic rings. The number of aromatic nitrogens is 2. The van der Waals surface area contributed by atoms with Gasteiger partial charge >= 0.3 is 0 Å². The van der Waals surface area contributed by atoms with E-state index in [1.807, 2.05) is 0 Å². The molecule has 3 heterocycles. The van der Waals surface area contributed by atoms with Gasteiger partial charge in [-0.25, -0.2) is 4.98 Å². The first kappa shape index (κ1) is 20.3. The maximum Gasteiger partial charge on any atom is 0.242 e. The Morgan fingerprint density at radius 1 is 1.24 bits per heavy atom.